The molecule has 0 fully saturated rings. The lowest BCUT2D eigenvalue weighted by atomic mass is 10.1. The van der Waals surface area contributed by atoms with Gasteiger partial charge in [-0.05, 0) is 24.3 Å². The average Bonchev–Trinajstić information content (AvgIpc) is 3.08. The van der Waals surface area contributed by atoms with Gasteiger partial charge in [0.15, 0.2) is 11.8 Å². The molecule has 0 amide bonds. The van der Waals surface area contributed by atoms with Gasteiger partial charge < -0.3 is 10.1 Å². The maximum absolute atomic E-state index is 13.7. The summed E-state index contributed by atoms with van der Waals surface area (Å²) in [6, 6.07) is 1.75. The quantitative estimate of drug-likeness (QED) is 0.566. The molecular formula is C18H12F5N6O+. The monoisotopic (exact) mass is 423 g/mol. The Bertz CT molecular complexity index is 1080. The first-order valence-corrected chi connectivity index (χ1v) is 8.49. The molecule has 1 aliphatic heterocycles. The van der Waals surface area contributed by atoms with Crippen molar-refractivity contribution in [2.75, 3.05) is 5.32 Å². The summed E-state index contributed by atoms with van der Waals surface area (Å²) in [6.45, 7) is -3.00. The average molecular weight is 423 g/mol. The zero-order valence-electron chi connectivity index (χ0n) is 14.9. The molecule has 3 heterocycles. The number of aliphatic imine (C=N–C) groups is 1. The van der Waals surface area contributed by atoms with Crippen molar-refractivity contribution in [1.29, 1.82) is 0 Å². The standard InChI is InChI=1S/C18H12F5N6O/c19-9-1-3-11-12(5-9)29(17(27-11)16(20)21)14-8-24-7-13(28-14)26-10-2-4-15(25-6-10)30-18(22)23/h1-8,12,16,18H,(H,26,28)/q+1. The second kappa shape index (κ2) is 7.97. The minimum Gasteiger partial charge on any atom is -0.417 e. The molecule has 0 spiro atoms. The highest BCUT2D eigenvalue weighted by molar-refractivity contribution is 6.11. The number of anilines is 2. The van der Waals surface area contributed by atoms with E-state index < -0.39 is 30.7 Å². The van der Waals surface area contributed by atoms with E-state index in [0.717, 1.165) is 16.7 Å². The first-order valence-electron chi connectivity index (χ1n) is 8.49. The Morgan fingerprint density at radius 3 is 2.60 bits per heavy atom. The highest BCUT2D eigenvalue weighted by Gasteiger charge is 2.40. The third kappa shape index (κ3) is 4.02. The third-order valence-corrected chi connectivity index (χ3v) is 4.08. The van der Waals surface area contributed by atoms with E-state index >= 15 is 0 Å². The summed E-state index contributed by atoms with van der Waals surface area (Å²) in [5, 5.41) is 2.83. The van der Waals surface area contributed by atoms with Crippen molar-refractivity contribution in [2.24, 2.45) is 4.99 Å². The lowest BCUT2D eigenvalue weighted by molar-refractivity contribution is -0.456. The van der Waals surface area contributed by atoms with Crippen molar-refractivity contribution in [2.45, 2.75) is 19.1 Å². The van der Waals surface area contributed by atoms with Crippen molar-refractivity contribution in [3.8, 4) is 5.88 Å². The minimum atomic E-state index is -3.00. The molecule has 4 rings (SSSR count). The number of hydrogen-bond donors (Lipinski definition) is 1. The van der Waals surface area contributed by atoms with Gasteiger partial charge in [-0.15, -0.1) is 4.99 Å². The van der Waals surface area contributed by atoms with E-state index in [0.29, 0.717) is 5.69 Å². The zero-order valence-corrected chi connectivity index (χ0v) is 14.9. The number of nitrogens with zero attached hydrogens (tertiary/aromatic N) is 5. The number of ether oxygens (including phenoxy) is 1. The van der Waals surface area contributed by atoms with Crippen LogP contribution >= 0.6 is 0 Å². The van der Waals surface area contributed by atoms with Gasteiger partial charge in [0.1, 0.15) is 12.0 Å². The van der Waals surface area contributed by atoms with E-state index in [1.807, 2.05) is 0 Å². The fourth-order valence-corrected chi connectivity index (χ4v) is 2.90. The molecule has 1 N–H and O–H groups in total. The molecule has 2 aromatic heterocycles. The van der Waals surface area contributed by atoms with Crippen LogP contribution in [0.2, 0.25) is 0 Å². The number of pyridine rings is 1. The Morgan fingerprint density at radius 1 is 1.07 bits per heavy atom. The Kier molecular flexibility index (Phi) is 5.21. The molecule has 1 unspecified atom stereocenters. The number of amidine groups is 1. The van der Waals surface area contributed by atoms with Crippen molar-refractivity contribution in [3.05, 3.63) is 54.8 Å². The van der Waals surface area contributed by atoms with Gasteiger partial charge in [0.2, 0.25) is 11.7 Å². The first-order chi connectivity index (χ1) is 14.4. The Balaban J connectivity index is 1.61. The third-order valence-electron chi connectivity index (χ3n) is 4.08. The zero-order chi connectivity index (χ0) is 21.3. The van der Waals surface area contributed by atoms with Crippen LogP contribution in [0.15, 0.2) is 59.8 Å². The predicted octanol–water partition coefficient (Wildman–Crippen LogP) is 3.77. The Hall–Kier alpha value is -3.70. The van der Waals surface area contributed by atoms with Crippen molar-refractivity contribution in [3.63, 3.8) is 0 Å². The van der Waals surface area contributed by atoms with Crippen molar-refractivity contribution in [1.82, 2.24) is 15.0 Å². The molecule has 0 radical (unpaired) electrons. The van der Waals surface area contributed by atoms with Gasteiger partial charge in [-0.2, -0.15) is 17.6 Å². The van der Waals surface area contributed by atoms with E-state index in [4.69, 9.17) is 0 Å². The van der Waals surface area contributed by atoms with Gasteiger partial charge >= 0.3 is 18.9 Å². The van der Waals surface area contributed by atoms with E-state index in [1.165, 1.54) is 36.8 Å². The van der Waals surface area contributed by atoms with Crippen LogP contribution in [0.3, 0.4) is 0 Å². The highest BCUT2D eigenvalue weighted by atomic mass is 19.3. The molecule has 154 valence electrons. The Labute approximate surface area is 166 Å². The number of rotatable bonds is 6. The molecule has 2 aliphatic rings. The maximum Gasteiger partial charge on any atom is 0.388 e. The van der Waals surface area contributed by atoms with E-state index in [2.05, 4.69) is 30.0 Å². The number of aromatic nitrogens is 3. The highest BCUT2D eigenvalue weighted by Crippen LogP contribution is 2.26. The second-order valence-corrected chi connectivity index (χ2v) is 6.05. The fraction of sp³-hybridized carbons (Fsp3) is 0.167. The second-order valence-electron chi connectivity index (χ2n) is 6.05. The summed E-state index contributed by atoms with van der Waals surface area (Å²) in [7, 11) is 0. The number of hydrogen-bond acceptors (Lipinski definition) is 6. The molecule has 0 aromatic carbocycles. The normalized spacial score (nSPS) is 17.9. The molecule has 7 nitrogen and oxygen atoms in total. The smallest absolute Gasteiger partial charge is 0.388 e. The van der Waals surface area contributed by atoms with Crippen molar-refractivity contribution < 1.29 is 31.3 Å². The van der Waals surface area contributed by atoms with Gasteiger partial charge in [-0.1, -0.05) is 4.98 Å². The molecule has 0 bridgehead atoms. The van der Waals surface area contributed by atoms with Crippen LogP contribution in [0.4, 0.5) is 39.3 Å². The number of allylic oxidation sites excluding steroid dienone is 2. The van der Waals surface area contributed by atoms with Crippen LogP contribution in [0, 0.1) is 0 Å². The molecule has 1 atom stereocenters. The fourth-order valence-electron chi connectivity index (χ4n) is 2.90. The predicted molar refractivity (Wildman–Crippen MR) is 96.7 cm³/mol. The van der Waals surface area contributed by atoms with Crippen LogP contribution in [0.1, 0.15) is 0 Å². The van der Waals surface area contributed by atoms with Gasteiger partial charge in [-0.3, -0.25) is 4.98 Å². The van der Waals surface area contributed by atoms with E-state index in [-0.39, 0.29) is 23.2 Å². The van der Waals surface area contributed by atoms with Gasteiger partial charge in [0.05, 0.1) is 18.1 Å². The molecule has 2 aromatic rings. The molecule has 1 aliphatic carbocycles. The lowest BCUT2D eigenvalue weighted by Crippen LogP contribution is -2.29. The number of alkyl halides is 4. The van der Waals surface area contributed by atoms with Gasteiger partial charge in [0.25, 0.3) is 5.82 Å². The number of fused-ring (bicyclic) bond motifs is 1. The molecule has 12 heteroatoms. The summed E-state index contributed by atoms with van der Waals surface area (Å²) >= 11 is 0. The van der Waals surface area contributed by atoms with Crippen LogP contribution in [0.25, 0.3) is 0 Å². The van der Waals surface area contributed by atoms with Crippen LogP contribution in [-0.2, 0) is 0 Å². The number of nitrogens with one attached hydrogen (secondary N) is 1. The maximum atomic E-state index is 13.7. The molecule has 0 saturated carbocycles. The summed E-state index contributed by atoms with van der Waals surface area (Å²) in [4.78, 5) is 15.8. The topological polar surface area (TPSA) is 75.3 Å². The minimum absolute atomic E-state index is 0.0176. The van der Waals surface area contributed by atoms with E-state index in [1.54, 1.807) is 0 Å². The van der Waals surface area contributed by atoms with Gasteiger partial charge in [-0.25, -0.2) is 13.9 Å². The SMILES string of the molecule is FC1=CC2C(=NC(C(F)F)=[N+]2c2cncc(Nc3ccc(OC(F)F)nc3)n2)C=C1. The lowest BCUT2D eigenvalue weighted by Gasteiger charge is -2.13. The van der Waals surface area contributed by atoms with E-state index in [9.17, 15) is 22.0 Å². The van der Waals surface area contributed by atoms with Crippen LogP contribution < -0.4 is 10.1 Å². The summed E-state index contributed by atoms with van der Waals surface area (Å²) in [6.07, 6.45) is 4.49. The summed E-state index contributed by atoms with van der Waals surface area (Å²) < 4.78 is 70.4. The largest absolute Gasteiger partial charge is 0.417 e. The first kappa shape index (κ1) is 19.6. The summed E-state index contributed by atoms with van der Waals surface area (Å²) in [5.41, 5.74) is 0.622. The molecule has 30 heavy (non-hydrogen) atoms. The summed E-state index contributed by atoms with van der Waals surface area (Å²) in [5.74, 6) is -1.25. The van der Waals surface area contributed by atoms with Crippen LogP contribution in [0.5, 0.6) is 5.88 Å². The van der Waals surface area contributed by atoms with Crippen LogP contribution in [-0.4, -0.2) is 50.2 Å². The van der Waals surface area contributed by atoms with Crippen molar-refractivity contribution >= 4 is 28.9 Å². The molecular weight excluding hydrogens is 411 g/mol. The Morgan fingerprint density at radius 2 is 1.90 bits per heavy atom. The van der Waals surface area contributed by atoms with Gasteiger partial charge in [0, 0.05) is 6.07 Å². The molecule has 0 saturated heterocycles. The number of halogens is 5.